The standard InChI is InChI=1S/C23H33ClN2S2/c1-7-9-10-17(3)16-28-21-13-11-20(12-14-21)26-22(27)25-15-18(4)19(5)23(6,24)8-2/h8,11-15,17H,2,5,7,9-10,16H2,1,3-4,6H3,(H2,25,26,27)/b18-15+. The second-order valence-electron chi connectivity index (χ2n) is 7.27. The van der Waals surface area contributed by atoms with Crippen LogP contribution in [0.25, 0.3) is 0 Å². The number of allylic oxidation sites excluding steroid dienone is 3. The highest BCUT2D eigenvalue weighted by Crippen LogP contribution is 2.29. The number of alkyl halides is 1. The highest BCUT2D eigenvalue weighted by Gasteiger charge is 2.21. The maximum atomic E-state index is 6.36. The van der Waals surface area contributed by atoms with Gasteiger partial charge in [0.1, 0.15) is 0 Å². The van der Waals surface area contributed by atoms with Crippen molar-refractivity contribution in [3.63, 3.8) is 0 Å². The third-order valence-electron chi connectivity index (χ3n) is 4.57. The molecule has 2 nitrogen and oxygen atoms in total. The van der Waals surface area contributed by atoms with Gasteiger partial charge in [-0.25, -0.2) is 0 Å². The summed E-state index contributed by atoms with van der Waals surface area (Å²) in [4.78, 5) is 0.615. The molecule has 2 atom stereocenters. The minimum absolute atomic E-state index is 0.524. The van der Waals surface area contributed by atoms with Gasteiger partial charge < -0.3 is 10.6 Å². The first-order valence-electron chi connectivity index (χ1n) is 9.69. The minimum Gasteiger partial charge on any atom is -0.339 e. The van der Waals surface area contributed by atoms with Gasteiger partial charge in [-0.3, -0.25) is 0 Å². The van der Waals surface area contributed by atoms with Crippen molar-refractivity contribution < 1.29 is 0 Å². The summed E-state index contributed by atoms with van der Waals surface area (Å²) in [7, 11) is 0. The third kappa shape index (κ3) is 8.85. The number of thiocarbonyl (C=S) groups is 1. The molecule has 0 radical (unpaired) electrons. The molecule has 1 aromatic carbocycles. The summed E-state index contributed by atoms with van der Waals surface area (Å²) in [6, 6.07) is 8.37. The van der Waals surface area contributed by atoms with Gasteiger partial charge in [-0.15, -0.1) is 29.9 Å². The average molecular weight is 437 g/mol. The van der Waals surface area contributed by atoms with Crippen molar-refractivity contribution in [3.05, 3.63) is 60.8 Å². The SMILES string of the molecule is C=CC(C)(Cl)C(=C)/C(C)=C/NC(=S)Nc1ccc(SCC(C)CCCC)cc1. The van der Waals surface area contributed by atoms with Gasteiger partial charge in [-0.2, -0.15) is 0 Å². The number of halogens is 1. The smallest absolute Gasteiger partial charge is 0.174 e. The van der Waals surface area contributed by atoms with Crippen molar-refractivity contribution in [2.45, 2.75) is 56.7 Å². The van der Waals surface area contributed by atoms with E-state index in [2.05, 4.69) is 61.9 Å². The number of hydrogen-bond donors (Lipinski definition) is 2. The molecule has 1 aromatic rings. The van der Waals surface area contributed by atoms with Crippen LogP contribution in [-0.2, 0) is 0 Å². The fourth-order valence-electron chi connectivity index (χ4n) is 2.45. The Morgan fingerprint density at radius 1 is 1.36 bits per heavy atom. The van der Waals surface area contributed by atoms with Crippen LogP contribution >= 0.6 is 35.6 Å². The molecule has 2 N–H and O–H groups in total. The van der Waals surface area contributed by atoms with Gasteiger partial charge in [0, 0.05) is 22.5 Å². The summed E-state index contributed by atoms with van der Waals surface area (Å²) in [5, 5.41) is 6.80. The summed E-state index contributed by atoms with van der Waals surface area (Å²) in [6.07, 6.45) is 7.37. The minimum atomic E-state index is -0.668. The predicted octanol–water partition coefficient (Wildman–Crippen LogP) is 7.53. The molecule has 154 valence electrons. The van der Waals surface area contributed by atoms with Crippen molar-refractivity contribution in [2.75, 3.05) is 11.1 Å². The van der Waals surface area contributed by atoms with Crippen molar-refractivity contribution in [2.24, 2.45) is 5.92 Å². The molecule has 0 heterocycles. The second-order valence-corrected chi connectivity index (χ2v) is 9.55. The molecule has 0 fully saturated rings. The zero-order chi connectivity index (χ0) is 21.2. The zero-order valence-electron chi connectivity index (χ0n) is 17.5. The van der Waals surface area contributed by atoms with Crippen molar-refractivity contribution >= 4 is 46.4 Å². The average Bonchev–Trinajstić information content (AvgIpc) is 2.69. The number of nitrogens with one attached hydrogen (secondary N) is 2. The summed E-state index contributed by atoms with van der Waals surface area (Å²) >= 11 is 13.6. The Morgan fingerprint density at radius 3 is 2.57 bits per heavy atom. The molecule has 0 aliphatic heterocycles. The van der Waals surface area contributed by atoms with E-state index < -0.39 is 4.87 Å². The Kier molecular flexibility index (Phi) is 10.9. The van der Waals surface area contributed by atoms with E-state index in [0.29, 0.717) is 5.11 Å². The van der Waals surface area contributed by atoms with Crippen molar-refractivity contribution in [3.8, 4) is 0 Å². The van der Waals surface area contributed by atoms with Gasteiger partial charge >= 0.3 is 0 Å². The molecule has 5 heteroatoms. The molecule has 0 aliphatic rings. The molecule has 0 saturated heterocycles. The lowest BCUT2D eigenvalue weighted by atomic mass is 9.96. The van der Waals surface area contributed by atoms with Crippen LogP contribution in [0, 0.1) is 5.92 Å². The maximum absolute atomic E-state index is 6.36. The third-order valence-corrected chi connectivity index (χ3v) is 6.51. The topological polar surface area (TPSA) is 24.1 Å². The van der Waals surface area contributed by atoms with Crippen LogP contribution in [0.2, 0.25) is 0 Å². The molecule has 1 rings (SSSR count). The quantitative estimate of drug-likeness (QED) is 0.123. The summed E-state index contributed by atoms with van der Waals surface area (Å²) in [5.74, 6) is 1.91. The lowest BCUT2D eigenvalue weighted by Gasteiger charge is -2.21. The molecule has 0 aliphatic carbocycles. The van der Waals surface area contributed by atoms with Crippen molar-refractivity contribution in [1.29, 1.82) is 0 Å². The Bertz CT molecular complexity index is 693. The van der Waals surface area contributed by atoms with E-state index >= 15 is 0 Å². The van der Waals surface area contributed by atoms with Crippen LogP contribution in [-0.4, -0.2) is 15.7 Å². The Balaban J connectivity index is 2.51. The summed E-state index contributed by atoms with van der Waals surface area (Å²) in [6.45, 7) is 16.2. The normalized spacial score (nSPS) is 14.7. The molecule has 0 bridgehead atoms. The van der Waals surface area contributed by atoms with Crippen LogP contribution in [0.4, 0.5) is 5.69 Å². The van der Waals surface area contributed by atoms with E-state index in [1.807, 2.05) is 31.8 Å². The highest BCUT2D eigenvalue weighted by atomic mass is 35.5. The summed E-state index contributed by atoms with van der Waals surface area (Å²) in [5.41, 5.74) is 2.67. The predicted molar refractivity (Wildman–Crippen MR) is 133 cm³/mol. The fourth-order valence-corrected chi connectivity index (χ4v) is 3.74. The van der Waals surface area contributed by atoms with Crippen LogP contribution < -0.4 is 10.6 Å². The molecule has 2 unspecified atom stereocenters. The summed E-state index contributed by atoms with van der Waals surface area (Å²) < 4.78 is 0. The Morgan fingerprint density at radius 2 is 2.00 bits per heavy atom. The zero-order valence-corrected chi connectivity index (χ0v) is 19.9. The van der Waals surface area contributed by atoms with Gasteiger partial charge in [0.05, 0.1) is 4.87 Å². The number of hydrogen-bond acceptors (Lipinski definition) is 2. The van der Waals surface area contributed by atoms with Crippen LogP contribution in [0.1, 0.15) is 47.0 Å². The lowest BCUT2D eigenvalue weighted by molar-refractivity contribution is 0.557. The molecule has 0 spiro atoms. The number of anilines is 1. The van der Waals surface area contributed by atoms with Gasteiger partial charge in [0.2, 0.25) is 0 Å². The van der Waals surface area contributed by atoms with E-state index in [1.54, 1.807) is 6.08 Å². The van der Waals surface area contributed by atoms with Gasteiger partial charge in [0.25, 0.3) is 0 Å². The number of thioether (sulfide) groups is 1. The molecular weight excluding hydrogens is 404 g/mol. The fraction of sp³-hybridized carbons (Fsp3) is 0.435. The molecule has 0 saturated carbocycles. The van der Waals surface area contributed by atoms with Crippen molar-refractivity contribution in [1.82, 2.24) is 5.32 Å². The van der Waals surface area contributed by atoms with E-state index in [0.717, 1.165) is 28.5 Å². The van der Waals surface area contributed by atoms with E-state index in [4.69, 9.17) is 23.8 Å². The monoisotopic (exact) mass is 436 g/mol. The van der Waals surface area contributed by atoms with E-state index in [-0.39, 0.29) is 0 Å². The first kappa shape index (κ1) is 24.8. The Labute approximate surface area is 185 Å². The lowest BCUT2D eigenvalue weighted by Crippen LogP contribution is -2.25. The first-order chi connectivity index (χ1) is 13.2. The van der Waals surface area contributed by atoms with Gasteiger partial charge in [-0.1, -0.05) is 39.3 Å². The Hall–Kier alpha value is -1.23. The number of unbranched alkanes of at least 4 members (excludes halogenated alkanes) is 1. The first-order valence-corrected chi connectivity index (χ1v) is 11.5. The molecule has 0 amide bonds. The van der Waals surface area contributed by atoms with Crippen LogP contribution in [0.3, 0.4) is 0 Å². The number of rotatable bonds is 11. The molecule has 28 heavy (non-hydrogen) atoms. The molecular formula is C23H33ClN2S2. The van der Waals surface area contributed by atoms with Crippen LogP contribution in [0.5, 0.6) is 0 Å². The van der Waals surface area contributed by atoms with E-state index in [1.165, 1.54) is 24.2 Å². The van der Waals surface area contributed by atoms with E-state index in [9.17, 15) is 0 Å². The van der Waals surface area contributed by atoms with Gasteiger partial charge in [0.15, 0.2) is 5.11 Å². The highest BCUT2D eigenvalue weighted by molar-refractivity contribution is 7.99. The second kappa shape index (κ2) is 12.4. The largest absolute Gasteiger partial charge is 0.339 e. The maximum Gasteiger partial charge on any atom is 0.174 e. The number of benzene rings is 1. The van der Waals surface area contributed by atoms with Crippen LogP contribution in [0.15, 0.2) is 65.7 Å². The van der Waals surface area contributed by atoms with Gasteiger partial charge in [-0.05, 0) is 73.8 Å². The molecule has 0 aromatic heterocycles.